The van der Waals surface area contributed by atoms with E-state index in [0.717, 1.165) is 51.2 Å². The number of rotatable bonds is 2. The van der Waals surface area contributed by atoms with Crippen molar-refractivity contribution in [3.63, 3.8) is 0 Å². The minimum atomic E-state index is -0.149. The van der Waals surface area contributed by atoms with Crippen LogP contribution in [0.15, 0.2) is 0 Å². The maximum Gasteiger partial charge on any atom is 0.0679 e. The lowest BCUT2D eigenvalue weighted by Gasteiger charge is -2.41. The first-order valence-corrected chi connectivity index (χ1v) is 7.44. The lowest BCUT2D eigenvalue weighted by Crippen LogP contribution is -2.41. The van der Waals surface area contributed by atoms with E-state index in [0.29, 0.717) is 11.3 Å². The van der Waals surface area contributed by atoms with Gasteiger partial charge in [-0.25, -0.2) is 0 Å². The fourth-order valence-corrected chi connectivity index (χ4v) is 3.54. The van der Waals surface area contributed by atoms with Crippen molar-refractivity contribution in [2.24, 2.45) is 17.3 Å². The summed E-state index contributed by atoms with van der Waals surface area (Å²) in [5.74, 6) is 1.12. The summed E-state index contributed by atoms with van der Waals surface area (Å²) in [4.78, 5) is 2.32. The maximum atomic E-state index is 10.2. The highest BCUT2D eigenvalue weighted by Gasteiger charge is 2.36. The van der Waals surface area contributed by atoms with Gasteiger partial charge < -0.3 is 15.1 Å². The lowest BCUT2D eigenvalue weighted by molar-refractivity contribution is 0.00480. The van der Waals surface area contributed by atoms with Crippen LogP contribution in [0.1, 0.15) is 46.5 Å². The molecule has 0 bridgehead atoms. The number of β-amino-alcohol motifs (C(OH)–C–C–N with tert-alkyl or cyclic N) is 1. The van der Waals surface area contributed by atoms with Crippen LogP contribution in [0, 0.1) is 17.3 Å². The molecule has 0 radical (unpaired) electrons. The highest BCUT2D eigenvalue weighted by molar-refractivity contribution is 4.88. The average Bonchev–Trinajstić information content (AvgIpc) is 2.66. The van der Waals surface area contributed by atoms with Crippen LogP contribution in [0.4, 0.5) is 0 Å². The Kier molecular flexibility index (Phi) is 4.35. The van der Waals surface area contributed by atoms with Crippen LogP contribution in [-0.4, -0.2) is 47.0 Å². The van der Waals surface area contributed by atoms with E-state index in [9.17, 15) is 10.2 Å². The fourth-order valence-electron chi connectivity index (χ4n) is 3.54. The molecule has 1 saturated heterocycles. The Hall–Kier alpha value is -0.120. The zero-order valence-corrected chi connectivity index (χ0v) is 12.1. The number of hydrogen-bond acceptors (Lipinski definition) is 3. The van der Waals surface area contributed by atoms with E-state index in [-0.39, 0.29) is 12.2 Å². The van der Waals surface area contributed by atoms with Crippen molar-refractivity contribution in [1.29, 1.82) is 0 Å². The molecule has 4 atom stereocenters. The van der Waals surface area contributed by atoms with Crippen LogP contribution in [0.25, 0.3) is 0 Å². The molecular weight excluding hydrogens is 226 g/mol. The largest absolute Gasteiger partial charge is 0.393 e. The maximum absolute atomic E-state index is 10.2. The molecule has 0 aromatic carbocycles. The molecule has 1 heterocycles. The molecule has 2 fully saturated rings. The predicted molar refractivity (Wildman–Crippen MR) is 73.4 cm³/mol. The van der Waals surface area contributed by atoms with Crippen molar-refractivity contribution in [1.82, 2.24) is 4.90 Å². The minimum Gasteiger partial charge on any atom is -0.393 e. The second kappa shape index (κ2) is 5.48. The van der Waals surface area contributed by atoms with Crippen molar-refractivity contribution in [3.05, 3.63) is 0 Å². The summed E-state index contributed by atoms with van der Waals surface area (Å²) in [6.45, 7) is 9.68. The summed E-state index contributed by atoms with van der Waals surface area (Å²) in [5, 5.41) is 19.8. The van der Waals surface area contributed by atoms with Crippen molar-refractivity contribution >= 4 is 0 Å². The van der Waals surface area contributed by atoms with Crippen LogP contribution in [0.2, 0.25) is 0 Å². The first kappa shape index (κ1) is 14.3. The lowest BCUT2D eigenvalue weighted by atomic mass is 9.68. The van der Waals surface area contributed by atoms with Gasteiger partial charge in [0.15, 0.2) is 0 Å². The van der Waals surface area contributed by atoms with E-state index in [1.807, 2.05) is 0 Å². The first-order chi connectivity index (χ1) is 8.36. The van der Waals surface area contributed by atoms with Crippen molar-refractivity contribution in [2.45, 2.75) is 58.7 Å². The number of hydrogen-bond donors (Lipinski definition) is 2. The Balaban J connectivity index is 1.89. The van der Waals surface area contributed by atoms with E-state index in [4.69, 9.17) is 0 Å². The molecule has 1 aliphatic carbocycles. The summed E-state index contributed by atoms with van der Waals surface area (Å²) in [6.07, 6.45) is 3.85. The van der Waals surface area contributed by atoms with Gasteiger partial charge in [-0.15, -0.1) is 0 Å². The van der Waals surface area contributed by atoms with E-state index in [1.54, 1.807) is 0 Å². The Labute approximate surface area is 111 Å². The van der Waals surface area contributed by atoms with E-state index in [2.05, 4.69) is 25.7 Å². The summed E-state index contributed by atoms with van der Waals surface area (Å²) in [6, 6.07) is 0. The van der Waals surface area contributed by atoms with Gasteiger partial charge in [0.1, 0.15) is 0 Å². The normalized spacial score (nSPS) is 39.2. The number of aliphatic hydroxyl groups excluding tert-OH is 2. The number of aliphatic hydroxyl groups is 2. The zero-order valence-electron chi connectivity index (χ0n) is 12.1. The first-order valence-electron chi connectivity index (χ1n) is 7.44. The standard InChI is InChI=1S/C15H29NO2/c1-15(2,3)12-4-5-14(18)11(8-12)9-16-7-6-13(17)10-16/h11-14,17-18H,4-10H2,1-3H3. The molecule has 3 heteroatoms. The molecular formula is C15H29NO2. The molecule has 1 saturated carbocycles. The third-order valence-corrected chi connectivity index (χ3v) is 4.91. The number of nitrogens with zero attached hydrogens (tertiary/aromatic N) is 1. The van der Waals surface area contributed by atoms with Crippen LogP contribution in [-0.2, 0) is 0 Å². The molecule has 0 aromatic rings. The molecule has 2 rings (SSSR count). The second-order valence-corrected chi connectivity index (χ2v) is 7.41. The van der Waals surface area contributed by atoms with Crippen LogP contribution in [0.3, 0.4) is 0 Å². The SMILES string of the molecule is CC(C)(C)C1CCC(O)C(CN2CCC(O)C2)C1. The van der Waals surface area contributed by atoms with Crippen molar-refractivity contribution < 1.29 is 10.2 Å². The number of likely N-dealkylation sites (tertiary alicyclic amines) is 1. The molecule has 2 N–H and O–H groups in total. The smallest absolute Gasteiger partial charge is 0.0679 e. The van der Waals surface area contributed by atoms with Crippen LogP contribution < -0.4 is 0 Å². The third kappa shape index (κ3) is 3.46. The average molecular weight is 255 g/mol. The van der Waals surface area contributed by atoms with Gasteiger partial charge in [0.25, 0.3) is 0 Å². The van der Waals surface area contributed by atoms with Gasteiger partial charge in [-0.3, -0.25) is 0 Å². The minimum absolute atomic E-state index is 0.138. The molecule has 106 valence electrons. The Morgan fingerprint density at radius 2 is 1.83 bits per heavy atom. The molecule has 0 amide bonds. The summed E-state index contributed by atoms with van der Waals surface area (Å²) in [7, 11) is 0. The molecule has 18 heavy (non-hydrogen) atoms. The Bertz CT molecular complexity index is 274. The third-order valence-electron chi connectivity index (χ3n) is 4.91. The molecule has 4 unspecified atom stereocenters. The van der Waals surface area contributed by atoms with Gasteiger partial charge in [-0.05, 0) is 42.9 Å². The zero-order chi connectivity index (χ0) is 13.3. The summed E-state index contributed by atoms with van der Waals surface area (Å²) >= 11 is 0. The summed E-state index contributed by atoms with van der Waals surface area (Å²) in [5.41, 5.74) is 0.350. The predicted octanol–water partition coefficient (Wildman–Crippen LogP) is 1.88. The monoisotopic (exact) mass is 255 g/mol. The molecule has 0 spiro atoms. The highest BCUT2D eigenvalue weighted by atomic mass is 16.3. The molecule has 1 aliphatic heterocycles. The van der Waals surface area contributed by atoms with E-state index >= 15 is 0 Å². The quantitative estimate of drug-likeness (QED) is 0.792. The van der Waals surface area contributed by atoms with Crippen molar-refractivity contribution in [2.75, 3.05) is 19.6 Å². The van der Waals surface area contributed by atoms with E-state index < -0.39 is 0 Å². The van der Waals surface area contributed by atoms with Gasteiger partial charge in [-0.2, -0.15) is 0 Å². The highest BCUT2D eigenvalue weighted by Crippen LogP contribution is 2.40. The van der Waals surface area contributed by atoms with Crippen LogP contribution in [0.5, 0.6) is 0 Å². The Morgan fingerprint density at radius 1 is 1.11 bits per heavy atom. The summed E-state index contributed by atoms with van der Waals surface area (Å²) < 4.78 is 0. The van der Waals surface area contributed by atoms with E-state index in [1.165, 1.54) is 0 Å². The fraction of sp³-hybridized carbons (Fsp3) is 1.00. The molecule has 3 nitrogen and oxygen atoms in total. The van der Waals surface area contributed by atoms with Crippen LogP contribution >= 0.6 is 0 Å². The van der Waals surface area contributed by atoms with Gasteiger partial charge in [0.2, 0.25) is 0 Å². The van der Waals surface area contributed by atoms with Gasteiger partial charge in [-0.1, -0.05) is 20.8 Å². The molecule has 0 aromatic heterocycles. The van der Waals surface area contributed by atoms with Gasteiger partial charge in [0, 0.05) is 19.6 Å². The topological polar surface area (TPSA) is 43.7 Å². The van der Waals surface area contributed by atoms with Gasteiger partial charge in [0.05, 0.1) is 12.2 Å². The van der Waals surface area contributed by atoms with Gasteiger partial charge >= 0.3 is 0 Å². The Morgan fingerprint density at radius 3 is 2.39 bits per heavy atom. The van der Waals surface area contributed by atoms with Crippen molar-refractivity contribution in [3.8, 4) is 0 Å². The molecule has 2 aliphatic rings. The second-order valence-electron chi connectivity index (χ2n) is 7.41.